The van der Waals surface area contributed by atoms with E-state index >= 15 is 0 Å². The summed E-state index contributed by atoms with van der Waals surface area (Å²) in [7, 11) is -1.78. The smallest absolute Gasteiger partial charge is 0.251 e. The number of hydrogen-bond donors (Lipinski definition) is 1. The number of sulfone groups is 1. The van der Waals surface area contributed by atoms with Gasteiger partial charge in [-0.05, 0) is 31.2 Å². The van der Waals surface area contributed by atoms with Gasteiger partial charge in [-0.3, -0.25) is 4.79 Å². The Morgan fingerprint density at radius 3 is 2.48 bits per heavy atom. The molecule has 0 unspecified atom stereocenters. The summed E-state index contributed by atoms with van der Waals surface area (Å²) in [4.78, 5) is 12.5. The molecular weight excluding hydrogens is 314 g/mol. The number of hydrogen-bond acceptors (Lipinski definition) is 4. The van der Waals surface area contributed by atoms with E-state index in [9.17, 15) is 13.2 Å². The number of carbonyl (C=O) groups excluding carboxylic acids is 1. The Morgan fingerprint density at radius 2 is 1.83 bits per heavy atom. The van der Waals surface area contributed by atoms with Crippen LogP contribution in [0, 0.1) is 0 Å². The van der Waals surface area contributed by atoms with E-state index in [0.717, 1.165) is 11.8 Å². The zero-order chi connectivity index (χ0) is 17.0. The van der Waals surface area contributed by atoms with Crippen LogP contribution >= 0.6 is 0 Å². The number of carbonyl (C=O) groups is 1. The van der Waals surface area contributed by atoms with Gasteiger partial charge in [0.2, 0.25) is 0 Å². The molecule has 0 aliphatic carbocycles. The molecule has 6 heteroatoms. The van der Waals surface area contributed by atoms with E-state index in [2.05, 4.69) is 5.32 Å². The van der Waals surface area contributed by atoms with Crippen LogP contribution in [0.25, 0.3) is 0 Å². The summed E-state index contributed by atoms with van der Waals surface area (Å²) in [6.07, 6.45) is 1.11. The number of amides is 1. The molecule has 23 heavy (non-hydrogen) atoms. The lowest BCUT2D eigenvalue weighted by atomic mass is 10.1. The Balaban J connectivity index is 2.22. The predicted octanol–water partition coefficient (Wildman–Crippen LogP) is 2.59. The maximum Gasteiger partial charge on any atom is 0.251 e. The molecule has 2 aromatic rings. The van der Waals surface area contributed by atoms with E-state index in [1.165, 1.54) is 12.1 Å². The lowest BCUT2D eigenvalue weighted by Crippen LogP contribution is -2.27. The van der Waals surface area contributed by atoms with Gasteiger partial charge in [-0.2, -0.15) is 0 Å². The van der Waals surface area contributed by atoms with Gasteiger partial charge in [0.1, 0.15) is 5.75 Å². The van der Waals surface area contributed by atoms with Gasteiger partial charge in [0, 0.05) is 17.4 Å². The van der Waals surface area contributed by atoms with Gasteiger partial charge >= 0.3 is 0 Å². The fourth-order valence-corrected chi connectivity index (χ4v) is 2.92. The molecule has 0 saturated heterocycles. The topological polar surface area (TPSA) is 72.5 Å². The van der Waals surface area contributed by atoms with E-state index in [0.29, 0.717) is 11.3 Å². The zero-order valence-corrected chi connectivity index (χ0v) is 14.1. The van der Waals surface area contributed by atoms with Crippen molar-refractivity contribution in [2.24, 2.45) is 0 Å². The third-order valence-electron chi connectivity index (χ3n) is 3.48. The standard InChI is InChI=1S/C17H19NO4S/c1-12(15-9-4-5-10-16(15)22-2)18-17(19)13-7-6-8-14(11-13)23(3,20)21/h4-12H,1-3H3,(H,18,19)/t12-/m1/s1. The third-order valence-corrected chi connectivity index (χ3v) is 4.59. The van der Waals surface area contributed by atoms with E-state index in [-0.39, 0.29) is 16.8 Å². The largest absolute Gasteiger partial charge is 0.496 e. The van der Waals surface area contributed by atoms with Crippen LogP contribution in [0.1, 0.15) is 28.9 Å². The van der Waals surface area contributed by atoms with Crippen LogP contribution < -0.4 is 10.1 Å². The Morgan fingerprint density at radius 1 is 1.13 bits per heavy atom. The first-order valence-corrected chi connectivity index (χ1v) is 8.96. The summed E-state index contributed by atoms with van der Waals surface area (Å²) < 4.78 is 28.5. The minimum atomic E-state index is -3.35. The van der Waals surface area contributed by atoms with Gasteiger partial charge in [0.25, 0.3) is 5.91 Å². The number of nitrogens with one attached hydrogen (secondary N) is 1. The van der Waals surface area contributed by atoms with Crippen molar-refractivity contribution in [2.45, 2.75) is 17.9 Å². The average Bonchev–Trinajstić information content (AvgIpc) is 2.54. The highest BCUT2D eigenvalue weighted by atomic mass is 32.2. The molecule has 1 atom stereocenters. The van der Waals surface area contributed by atoms with E-state index < -0.39 is 9.84 Å². The van der Waals surface area contributed by atoms with Crippen molar-refractivity contribution in [3.05, 3.63) is 59.7 Å². The van der Waals surface area contributed by atoms with Crippen LogP contribution in [0.5, 0.6) is 5.75 Å². The molecule has 0 aliphatic rings. The molecule has 0 aromatic heterocycles. The molecule has 0 fully saturated rings. The van der Waals surface area contributed by atoms with Crippen molar-refractivity contribution < 1.29 is 17.9 Å². The highest BCUT2D eigenvalue weighted by molar-refractivity contribution is 7.90. The molecule has 1 amide bonds. The lowest BCUT2D eigenvalue weighted by molar-refractivity contribution is 0.0939. The Hall–Kier alpha value is -2.34. The van der Waals surface area contributed by atoms with Crippen LogP contribution in [0.15, 0.2) is 53.4 Å². The van der Waals surface area contributed by atoms with E-state index in [1.807, 2.05) is 31.2 Å². The highest BCUT2D eigenvalue weighted by Crippen LogP contribution is 2.24. The predicted molar refractivity (Wildman–Crippen MR) is 88.4 cm³/mol. The van der Waals surface area contributed by atoms with Crippen molar-refractivity contribution in [1.82, 2.24) is 5.32 Å². The Kier molecular flexibility index (Phi) is 5.05. The Labute approximate surface area is 136 Å². The lowest BCUT2D eigenvalue weighted by Gasteiger charge is -2.17. The summed E-state index contributed by atoms with van der Waals surface area (Å²) in [5.74, 6) is 0.346. The fourth-order valence-electron chi connectivity index (χ4n) is 2.25. The summed E-state index contributed by atoms with van der Waals surface area (Å²) in [6, 6.07) is 13.1. The number of ether oxygens (including phenoxy) is 1. The first-order valence-electron chi connectivity index (χ1n) is 7.07. The monoisotopic (exact) mass is 333 g/mol. The van der Waals surface area contributed by atoms with Gasteiger partial charge in [0.05, 0.1) is 18.0 Å². The van der Waals surface area contributed by atoms with Gasteiger partial charge in [-0.1, -0.05) is 24.3 Å². The molecule has 0 spiro atoms. The van der Waals surface area contributed by atoms with Crippen LogP contribution in [0.4, 0.5) is 0 Å². The summed E-state index contributed by atoms with van der Waals surface area (Å²) in [6.45, 7) is 1.84. The molecule has 1 N–H and O–H groups in total. The molecule has 0 aliphatic heterocycles. The van der Waals surface area contributed by atoms with Crippen molar-refractivity contribution in [3.8, 4) is 5.75 Å². The molecule has 0 saturated carbocycles. The van der Waals surface area contributed by atoms with Gasteiger partial charge in [-0.15, -0.1) is 0 Å². The second kappa shape index (κ2) is 6.83. The fraction of sp³-hybridized carbons (Fsp3) is 0.235. The van der Waals surface area contributed by atoms with Crippen LogP contribution in [-0.4, -0.2) is 27.7 Å². The zero-order valence-electron chi connectivity index (χ0n) is 13.2. The van der Waals surface area contributed by atoms with Crippen LogP contribution in [0.3, 0.4) is 0 Å². The van der Waals surface area contributed by atoms with Crippen molar-refractivity contribution in [1.29, 1.82) is 0 Å². The number of rotatable bonds is 5. The molecule has 2 rings (SSSR count). The normalized spacial score (nSPS) is 12.5. The maximum atomic E-state index is 12.4. The third kappa shape index (κ3) is 4.10. The number of benzene rings is 2. The van der Waals surface area contributed by atoms with Crippen molar-refractivity contribution >= 4 is 15.7 Å². The van der Waals surface area contributed by atoms with Crippen molar-refractivity contribution in [2.75, 3.05) is 13.4 Å². The van der Waals surface area contributed by atoms with Crippen molar-refractivity contribution in [3.63, 3.8) is 0 Å². The quantitative estimate of drug-likeness (QED) is 0.913. The molecule has 5 nitrogen and oxygen atoms in total. The molecule has 2 aromatic carbocycles. The first-order chi connectivity index (χ1) is 10.8. The maximum absolute atomic E-state index is 12.4. The summed E-state index contributed by atoms with van der Waals surface area (Å²) in [5, 5.41) is 2.85. The average molecular weight is 333 g/mol. The molecule has 0 heterocycles. The van der Waals surface area contributed by atoms with E-state index in [1.54, 1.807) is 19.2 Å². The first kappa shape index (κ1) is 17.0. The highest BCUT2D eigenvalue weighted by Gasteiger charge is 2.16. The second-order valence-corrected chi connectivity index (χ2v) is 7.25. The van der Waals surface area contributed by atoms with Gasteiger partial charge in [-0.25, -0.2) is 8.42 Å². The van der Waals surface area contributed by atoms with E-state index in [4.69, 9.17) is 4.74 Å². The minimum Gasteiger partial charge on any atom is -0.496 e. The van der Waals surface area contributed by atoms with Gasteiger partial charge < -0.3 is 10.1 Å². The molecule has 0 radical (unpaired) electrons. The second-order valence-electron chi connectivity index (χ2n) is 5.24. The molecular formula is C17H19NO4S. The molecule has 122 valence electrons. The SMILES string of the molecule is COc1ccccc1[C@@H](C)NC(=O)c1cccc(S(C)(=O)=O)c1. The van der Waals surface area contributed by atoms with Gasteiger partial charge in [0.15, 0.2) is 9.84 Å². The van der Waals surface area contributed by atoms with Crippen LogP contribution in [-0.2, 0) is 9.84 Å². The summed E-state index contributed by atoms with van der Waals surface area (Å²) in [5.41, 5.74) is 1.15. The Bertz CT molecular complexity index is 815. The van der Waals surface area contributed by atoms with Crippen LogP contribution in [0.2, 0.25) is 0 Å². The minimum absolute atomic E-state index is 0.120. The molecule has 0 bridgehead atoms. The number of para-hydroxylation sites is 1. The summed E-state index contributed by atoms with van der Waals surface area (Å²) >= 11 is 0. The number of methoxy groups -OCH3 is 1.